The number of nitrogens with zero attached hydrogens (tertiary/aromatic N) is 2. The zero-order valence-electron chi connectivity index (χ0n) is 25.9. The number of amides is 2. The Hall–Kier alpha value is -5.15. The van der Waals surface area contributed by atoms with Crippen molar-refractivity contribution >= 4 is 18.0 Å². The minimum atomic E-state index is -0.909. The second kappa shape index (κ2) is 16.2. The van der Waals surface area contributed by atoms with Crippen LogP contribution < -0.4 is 10.1 Å². The van der Waals surface area contributed by atoms with Gasteiger partial charge in [0.25, 0.3) is 0 Å². The van der Waals surface area contributed by atoms with Crippen molar-refractivity contribution in [2.45, 2.75) is 38.3 Å². The molecule has 1 fully saturated rings. The zero-order valence-corrected chi connectivity index (χ0v) is 25.9. The number of carbonyl (C=O) groups is 3. The Morgan fingerprint density at radius 2 is 1.28 bits per heavy atom. The van der Waals surface area contributed by atoms with E-state index in [4.69, 9.17) is 14.2 Å². The van der Waals surface area contributed by atoms with Gasteiger partial charge in [0.15, 0.2) is 5.78 Å². The standard InChI is InChI=1S/C37H39N3O6/c1-39(36(42)45-26-30-13-7-3-8-14-30)33(23-28-17-19-32(20-18-28)44-25-29-11-5-2-6-12-29)35(41)34-24-38-21-22-40(34)37(43)46-27-31-15-9-4-10-16-31/h2-20,33-34,38H,21-27H2,1H3/t33-,34?/m0/s1. The van der Waals surface area contributed by atoms with E-state index in [-0.39, 0.29) is 32.0 Å². The number of likely N-dealkylation sites (N-methyl/N-ethyl adjacent to an activating group) is 1. The number of ether oxygens (including phenoxy) is 3. The van der Waals surface area contributed by atoms with Crippen molar-refractivity contribution in [3.63, 3.8) is 0 Å². The van der Waals surface area contributed by atoms with Crippen LogP contribution in [-0.4, -0.2) is 66.5 Å². The van der Waals surface area contributed by atoms with Gasteiger partial charge in [0, 0.05) is 33.1 Å². The minimum absolute atomic E-state index is 0.0707. The highest BCUT2D eigenvalue weighted by molar-refractivity contribution is 5.94. The molecule has 0 spiro atoms. The minimum Gasteiger partial charge on any atom is -0.489 e. The molecule has 0 saturated carbocycles. The van der Waals surface area contributed by atoms with Crippen molar-refractivity contribution in [2.24, 2.45) is 0 Å². The van der Waals surface area contributed by atoms with Crippen LogP contribution >= 0.6 is 0 Å². The first-order chi connectivity index (χ1) is 22.5. The maximum Gasteiger partial charge on any atom is 0.410 e. The number of Topliss-reactive ketones (excluding diaryl/α,β-unsaturated/α-hetero) is 1. The van der Waals surface area contributed by atoms with E-state index in [1.54, 1.807) is 7.05 Å². The van der Waals surface area contributed by atoms with Crippen molar-refractivity contribution in [1.82, 2.24) is 15.1 Å². The number of piperazine rings is 1. The summed E-state index contributed by atoms with van der Waals surface area (Å²) < 4.78 is 17.1. The lowest BCUT2D eigenvalue weighted by atomic mass is 9.95. The molecule has 238 valence electrons. The molecule has 1 saturated heterocycles. The van der Waals surface area contributed by atoms with E-state index in [0.717, 1.165) is 22.3 Å². The van der Waals surface area contributed by atoms with Crippen molar-refractivity contribution in [3.05, 3.63) is 138 Å². The number of benzene rings is 4. The molecule has 1 unspecified atom stereocenters. The predicted molar refractivity (Wildman–Crippen MR) is 174 cm³/mol. The first kappa shape index (κ1) is 32.2. The summed E-state index contributed by atoms with van der Waals surface area (Å²) in [6, 6.07) is 34.4. The van der Waals surface area contributed by atoms with Gasteiger partial charge < -0.3 is 24.4 Å². The molecule has 5 rings (SSSR count). The van der Waals surface area contributed by atoms with Gasteiger partial charge in [-0.25, -0.2) is 9.59 Å². The third kappa shape index (κ3) is 8.95. The van der Waals surface area contributed by atoms with Gasteiger partial charge in [0.2, 0.25) is 0 Å². The molecule has 9 heteroatoms. The topological polar surface area (TPSA) is 97.4 Å². The summed E-state index contributed by atoms with van der Waals surface area (Å²) in [4.78, 5) is 43.6. The molecule has 4 aromatic carbocycles. The van der Waals surface area contributed by atoms with Crippen LogP contribution in [0.15, 0.2) is 115 Å². The Kier molecular flexibility index (Phi) is 11.4. The molecule has 9 nitrogen and oxygen atoms in total. The van der Waals surface area contributed by atoms with E-state index in [9.17, 15) is 14.4 Å². The molecule has 2 atom stereocenters. The Morgan fingerprint density at radius 1 is 0.739 bits per heavy atom. The number of rotatable bonds is 12. The highest BCUT2D eigenvalue weighted by atomic mass is 16.6. The molecule has 1 aliphatic heterocycles. The van der Waals surface area contributed by atoms with Crippen molar-refractivity contribution in [3.8, 4) is 5.75 Å². The molecule has 2 amide bonds. The number of carbonyl (C=O) groups excluding carboxylic acids is 3. The van der Waals surface area contributed by atoms with Crippen LogP contribution in [-0.2, 0) is 40.5 Å². The summed E-state index contributed by atoms with van der Waals surface area (Å²) in [6.07, 6.45) is -0.985. The van der Waals surface area contributed by atoms with Crippen LogP contribution in [0.1, 0.15) is 22.3 Å². The Morgan fingerprint density at radius 3 is 1.87 bits per heavy atom. The molecule has 0 bridgehead atoms. The number of ketones is 1. The monoisotopic (exact) mass is 621 g/mol. The van der Waals surface area contributed by atoms with Gasteiger partial charge >= 0.3 is 12.2 Å². The molecule has 0 aromatic heterocycles. The summed E-state index contributed by atoms with van der Waals surface area (Å²) in [5, 5.41) is 3.22. The molecule has 1 N–H and O–H groups in total. The average Bonchev–Trinajstić information content (AvgIpc) is 3.12. The fourth-order valence-corrected chi connectivity index (χ4v) is 5.26. The largest absolute Gasteiger partial charge is 0.489 e. The summed E-state index contributed by atoms with van der Waals surface area (Å²) >= 11 is 0. The van der Waals surface area contributed by atoms with E-state index < -0.39 is 24.3 Å². The lowest BCUT2D eigenvalue weighted by molar-refractivity contribution is -0.129. The van der Waals surface area contributed by atoms with Crippen LogP contribution in [0.4, 0.5) is 9.59 Å². The third-order valence-corrected chi connectivity index (χ3v) is 7.90. The summed E-state index contributed by atoms with van der Waals surface area (Å²) in [5.74, 6) is 0.405. The predicted octanol–water partition coefficient (Wildman–Crippen LogP) is 5.63. The van der Waals surface area contributed by atoms with Gasteiger partial charge in [-0.2, -0.15) is 0 Å². The van der Waals surface area contributed by atoms with Crippen LogP contribution in [0.5, 0.6) is 5.75 Å². The lowest BCUT2D eigenvalue weighted by Gasteiger charge is -2.37. The molecule has 1 heterocycles. The molecule has 0 aliphatic carbocycles. The van der Waals surface area contributed by atoms with E-state index in [1.807, 2.05) is 115 Å². The summed E-state index contributed by atoms with van der Waals surface area (Å²) in [5.41, 5.74) is 3.57. The van der Waals surface area contributed by atoms with Gasteiger partial charge in [0.05, 0.1) is 6.04 Å². The highest BCUT2D eigenvalue weighted by Gasteiger charge is 2.39. The summed E-state index contributed by atoms with van der Waals surface area (Å²) in [6.45, 7) is 1.66. The quantitative estimate of drug-likeness (QED) is 0.219. The Bertz CT molecular complexity index is 1550. The average molecular weight is 622 g/mol. The number of hydrogen-bond donors (Lipinski definition) is 1. The van der Waals surface area contributed by atoms with Crippen molar-refractivity contribution in [2.75, 3.05) is 26.7 Å². The van der Waals surface area contributed by atoms with Crippen LogP contribution in [0, 0.1) is 0 Å². The smallest absolute Gasteiger partial charge is 0.410 e. The lowest BCUT2D eigenvalue weighted by Crippen LogP contribution is -2.61. The van der Waals surface area contributed by atoms with Crippen LogP contribution in [0.3, 0.4) is 0 Å². The molecule has 1 aliphatic rings. The fourth-order valence-electron chi connectivity index (χ4n) is 5.26. The molecule has 0 radical (unpaired) electrons. The number of nitrogens with one attached hydrogen (secondary N) is 1. The first-order valence-corrected chi connectivity index (χ1v) is 15.4. The van der Waals surface area contributed by atoms with Crippen LogP contribution in [0.2, 0.25) is 0 Å². The van der Waals surface area contributed by atoms with Crippen molar-refractivity contribution in [1.29, 1.82) is 0 Å². The van der Waals surface area contributed by atoms with Gasteiger partial charge in [-0.1, -0.05) is 103 Å². The van der Waals surface area contributed by atoms with E-state index >= 15 is 0 Å². The fraction of sp³-hybridized carbons (Fsp3) is 0.270. The maximum absolute atomic E-state index is 14.3. The molecular formula is C37H39N3O6. The third-order valence-electron chi connectivity index (χ3n) is 7.90. The second-order valence-electron chi connectivity index (χ2n) is 11.1. The Labute approximate surface area is 269 Å². The van der Waals surface area contributed by atoms with E-state index in [0.29, 0.717) is 25.4 Å². The van der Waals surface area contributed by atoms with Crippen LogP contribution in [0.25, 0.3) is 0 Å². The highest BCUT2D eigenvalue weighted by Crippen LogP contribution is 2.20. The van der Waals surface area contributed by atoms with E-state index in [1.165, 1.54) is 9.80 Å². The van der Waals surface area contributed by atoms with Crippen molar-refractivity contribution < 1.29 is 28.6 Å². The van der Waals surface area contributed by atoms with Gasteiger partial charge in [-0.05, 0) is 34.4 Å². The first-order valence-electron chi connectivity index (χ1n) is 15.4. The van der Waals surface area contributed by atoms with Gasteiger partial charge in [-0.15, -0.1) is 0 Å². The molecule has 4 aromatic rings. The van der Waals surface area contributed by atoms with Gasteiger partial charge in [0.1, 0.15) is 31.6 Å². The van der Waals surface area contributed by atoms with E-state index in [2.05, 4.69) is 5.32 Å². The molecular weight excluding hydrogens is 582 g/mol. The summed E-state index contributed by atoms with van der Waals surface area (Å²) in [7, 11) is 1.56. The zero-order chi connectivity index (χ0) is 32.1. The Balaban J connectivity index is 1.30. The normalized spacial score (nSPS) is 15.0. The molecule has 46 heavy (non-hydrogen) atoms. The maximum atomic E-state index is 14.3. The van der Waals surface area contributed by atoms with Gasteiger partial charge in [-0.3, -0.25) is 9.69 Å². The second-order valence-corrected chi connectivity index (χ2v) is 11.1. The SMILES string of the molecule is CN(C(=O)OCc1ccccc1)[C@@H](Cc1ccc(OCc2ccccc2)cc1)C(=O)C1CNCCN1C(=O)OCc1ccccc1. The number of hydrogen-bond acceptors (Lipinski definition) is 7.